The van der Waals surface area contributed by atoms with E-state index in [0.29, 0.717) is 5.57 Å². The minimum absolute atomic E-state index is 0.0367. The molecule has 0 aromatic heterocycles. The van der Waals surface area contributed by atoms with Gasteiger partial charge in [-0.25, -0.2) is 19.2 Å². The molecule has 36 N–H and O–H groups in total. The van der Waals surface area contributed by atoms with Gasteiger partial charge in [0.05, 0.1) is 74.7 Å². The van der Waals surface area contributed by atoms with Crippen LogP contribution in [0.4, 0.5) is 0 Å². The molecule has 1 fully saturated rings. The van der Waals surface area contributed by atoms with Crippen LogP contribution >= 0.6 is 0 Å². The van der Waals surface area contributed by atoms with Gasteiger partial charge in [-0.15, -0.1) is 0 Å². The quantitative estimate of drug-likeness (QED) is 0.0202. The maximum Gasteiger partial charge on any atom is 0.330 e. The van der Waals surface area contributed by atoms with E-state index in [1.54, 1.807) is 0 Å². The van der Waals surface area contributed by atoms with Gasteiger partial charge in [-0.2, -0.15) is 0 Å². The van der Waals surface area contributed by atoms with Crippen molar-refractivity contribution in [1.82, 2.24) is 42.5 Å². The molecule has 49 heteroatoms. The van der Waals surface area contributed by atoms with E-state index >= 15 is 0 Å². The lowest BCUT2D eigenvalue weighted by Crippen LogP contribution is -2.60. The van der Waals surface area contributed by atoms with Crippen LogP contribution in [0.5, 0.6) is 0 Å². The highest BCUT2D eigenvalue weighted by molar-refractivity contribution is 6.26. The summed E-state index contributed by atoms with van der Waals surface area (Å²) in [5.41, 5.74) is 30.8. The van der Waals surface area contributed by atoms with Crippen molar-refractivity contribution >= 4 is 124 Å². The van der Waals surface area contributed by atoms with E-state index in [2.05, 4.69) is 21.3 Å². The molecule has 0 aliphatic carbocycles. The van der Waals surface area contributed by atoms with E-state index in [0.717, 1.165) is 0 Å². The molecule has 0 bridgehead atoms. The van der Waals surface area contributed by atoms with Crippen LogP contribution in [0.25, 0.3) is 0 Å². The number of aliphatic carboxylic acids is 8. The first-order valence-corrected chi connectivity index (χ1v) is 30.5. The fourth-order valence-electron chi connectivity index (χ4n) is 9.93. The molecule has 4 aliphatic rings. The van der Waals surface area contributed by atoms with Crippen molar-refractivity contribution in [1.29, 1.82) is 0 Å². The summed E-state index contributed by atoms with van der Waals surface area (Å²) in [6.07, 6.45) is -9.03. The summed E-state index contributed by atoms with van der Waals surface area (Å²) in [5.74, 6) is -30.5. The second-order valence-electron chi connectivity index (χ2n) is 23.9. The predicted octanol–water partition coefficient (Wildman–Crippen LogP) is -14.3. The van der Waals surface area contributed by atoms with Crippen LogP contribution in [0.1, 0.15) is 72.1 Å². The highest BCUT2D eigenvalue weighted by Gasteiger charge is 2.53. The minimum atomic E-state index is -2.67. The van der Waals surface area contributed by atoms with Crippen molar-refractivity contribution in [2.24, 2.45) is 51.8 Å². The van der Waals surface area contributed by atoms with Crippen LogP contribution in [0, 0.1) is 5.92 Å². The Labute approximate surface area is 594 Å². The van der Waals surface area contributed by atoms with E-state index in [4.69, 9.17) is 76.5 Å². The summed E-state index contributed by atoms with van der Waals surface area (Å²) in [5, 5.41) is 128. The molecule has 49 nitrogen and oxygen atoms in total. The fraction of sp³-hybridized carbons (Fsp3) is 0.526. The zero-order chi connectivity index (χ0) is 82.3. The van der Waals surface area contributed by atoms with Crippen molar-refractivity contribution in [3.8, 4) is 0 Å². The van der Waals surface area contributed by atoms with Gasteiger partial charge in [0, 0.05) is 51.9 Å². The van der Waals surface area contributed by atoms with Crippen LogP contribution in [-0.2, 0) is 101 Å². The maximum absolute atomic E-state index is 12.6. The number of hydrogen-bond acceptors (Lipinski definition) is 33. The van der Waals surface area contributed by atoms with Gasteiger partial charge in [0.1, 0.15) is 40.8 Å². The maximum atomic E-state index is 12.6. The second-order valence-corrected chi connectivity index (χ2v) is 23.9. The van der Waals surface area contributed by atoms with E-state index in [1.165, 1.54) is 20.8 Å². The highest BCUT2D eigenvalue weighted by Crippen LogP contribution is 2.29. The van der Waals surface area contributed by atoms with Crippen LogP contribution in [-0.4, -0.2) is 295 Å². The van der Waals surface area contributed by atoms with E-state index in [-0.39, 0.29) is 31.8 Å². The molecule has 13 atom stereocenters. The normalized spacial score (nSPS) is 20.7. The van der Waals surface area contributed by atoms with Crippen molar-refractivity contribution in [3.63, 3.8) is 0 Å². The molecule has 0 spiro atoms. The first kappa shape index (κ1) is 92.3. The van der Waals surface area contributed by atoms with Gasteiger partial charge >= 0.3 is 47.8 Å². The fourth-order valence-corrected chi connectivity index (χ4v) is 9.93. The third-order valence-electron chi connectivity index (χ3n) is 15.7. The molecule has 0 aromatic carbocycles. The number of nitrogens with one attached hydrogen (secondary N) is 8. The molecule has 4 rings (SSSR count). The van der Waals surface area contributed by atoms with E-state index in [1.807, 2.05) is 21.3 Å². The molecule has 8 amide bonds. The number of carboxylic acids is 8. The Kier molecular flexibility index (Phi) is 34.2. The standard InChI is InChI=1S/C15H22N4O7.2C14H20N4O9.C14H20N4O8/c1-6-8(5-16)18-13(24)11(6)9(20)3-15(14(25)26,4-10(21)22)19-12(23)7(2)17;2*15-3-6-10(23)9(12(25)17-6)7(20)1-14(13(26)27,2-8(21)22)18-11(24)5(16)4-19;1-5(16)11(23)18-14(13(25)26,3-8(20)21)2-7(19)9-10(22)6(4-15)17-12(9)24/h7-8H,3-5,16-17H2,1-2H3,(H,18,24)(H,19,23)(H,21,22)(H,25,26);2*5-6,19,23H,1-4,15-16H2,(H,17,25)(H,18,24)(H,21,22)(H,26,27);5-6,9H,2-4,15-16H2,1H3,(H,17,24)(H,18,23)(H,20,21)(H,25,26)/t7-,8-,15?;2*5-,6-,14?;5-,6-,9?,14?/m0000/s1. The zero-order valence-electron chi connectivity index (χ0n) is 56.2. The number of hydrogen-bond donors (Lipinski definition) is 28. The lowest BCUT2D eigenvalue weighted by molar-refractivity contribution is -0.155. The summed E-state index contributed by atoms with van der Waals surface area (Å²) in [6, 6.07) is -9.22. The smallest absolute Gasteiger partial charge is 0.330 e. The third-order valence-corrected chi connectivity index (χ3v) is 15.7. The number of aliphatic hydroxyl groups is 4. The number of rotatable bonds is 38. The van der Waals surface area contributed by atoms with Crippen LogP contribution < -0.4 is 88.4 Å². The predicted molar refractivity (Wildman–Crippen MR) is 343 cm³/mol. The molecular weight excluding hydrogens is 1440 g/mol. The minimum Gasteiger partial charge on any atom is -0.509 e. The monoisotopic (exact) mass is 1520 g/mol. The van der Waals surface area contributed by atoms with Gasteiger partial charge in [-0.1, -0.05) is 0 Å². The van der Waals surface area contributed by atoms with Gasteiger partial charge < -0.3 is 150 Å². The molecule has 0 radical (unpaired) electrons. The molecule has 0 saturated carbocycles. The molecule has 0 aromatic rings. The summed E-state index contributed by atoms with van der Waals surface area (Å²) >= 11 is 0. The van der Waals surface area contributed by atoms with Crippen molar-refractivity contribution in [2.45, 2.75) is 143 Å². The molecule has 4 aliphatic heterocycles. The summed E-state index contributed by atoms with van der Waals surface area (Å²) in [7, 11) is 0. The first-order valence-electron chi connectivity index (χ1n) is 30.5. The van der Waals surface area contributed by atoms with Crippen molar-refractivity contribution in [2.75, 3.05) is 39.4 Å². The SMILES string of the molecule is CC1=C(C(=O)CC(CC(=O)O)(NC(=O)[C@H](C)N)C(=O)O)C(=O)N[C@H]1CN.C[C@H](N)C(=O)NC(CC(=O)O)(CC(=O)C1C(=O)N[C@@H](CN)C1=O)C(=O)O.NC[C@@H]1NC(=O)C(C(=O)CC(CC(=O)O)(NC(=O)[C@@H](N)CO)C(=O)O)=C1O.NC[C@@H]1NC(=O)C(C(=O)CC(CC(=O)O)(NC(=O)[C@@H](N)CO)C(=O)O)=C1O. The Bertz CT molecular complexity index is 3570. The number of carbonyl (C=O) groups is 21. The molecule has 588 valence electrons. The number of nitrogens with two attached hydrogens (primary N) is 8. The number of carboxylic acid groups (broad SMARTS) is 8. The Morgan fingerprint density at radius 1 is 0.396 bits per heavy atom. The number of Topliss-reactive ketones (excluding diaryl/α,β-unsaturated/α-hetero) is 5. The van der Waals surface area contributed by atoms with Gasteiger partial charge in [0.15, 0.2) is 57.0 Å². The molecule has 1 saturated heterocycles. The average molecular weight is 1520 g/mol. The Balaban J connectivity index is 0.000000707. The summed E-state index contributed by atoms with van der Waals surface area (Å²) < 4.78 is 0. The summed E-state index contributed by atoms with van der Waals surface area (Å²) in [4.78, 5) is 248. The van der Waals surface area contributed by atoms with Crippen LogP contribution in [0.15, 0.2) is 33.8 Å². The lowest BCUT2D eigenvalue weighted by Gasteiger charge is -2.29. The Morgan fingerprint density at radius 2 is 0.660 bits per heavy atom. The Hall–Kier alpha value is -11.7. The molecular formula is C57H82N16O33. The van der Waals surface area contributed by atoms with Gasteiger partial charge in [-0.3, -0.25) is 81.5 Å². The lowest BCUT2D eigenvalue weighted by atomic mass is 9.83. The van der Waals surface area contributed by atoms with Gasteiger partial charge in [-0.05, 0) is 26.3 Å². The molecule has 5 unspecified atom stereocenters. The third kappa shape index (κ3) is 23.7. The number of aliphatic hydroxyl groups excluding tert-OH is 4. The number of carbonyl (C=O) groups excluding carboxylic acids is 13. The van der Waals surface area contributed by atoms with Crippen molar-refractivity contribution in [3.05, 3.63) is 33.8 Å². The van der Waals surface area contributed by atoms with Crippen molar-refractivity contribution < 1.29 is 162 Å². The number of ketones is 5. The first-order chi connectivity index (χ1) is 48.9. The van der Waals surface area contributed by atoms with Gasteiger partial charge in [0.2, 0.25) is 29.5 Å². The zero-order valence-corrected chi connectivity index (χ0v) is 56.2. The Morgan fingerprint density at radius 3 is 0.896 bits per heavy atom. The average Bonchev–Trinajstić information content (AvgIpc) is 1.51. The molecule has 4 heterocycles. The second kappa shape index (κ2) is 39.2. The molecule has 106 heavy (non-hydrogen) atoms. The van der Waals surface area contributed by atoms with E-state index < -0.39 is 288 Å². The van der Waals surface area contributed by atoms with E-state index in [9.17, 15) is 131 Å². The van der Waals surface area contributed by atoms with Crippen LogP contribution in [0.2, 0.25) is 0 Å². The van der Waals surface area contributed by atoms with Gasteiger partial charge in [0.25, 0.3) is 17.7 Å². The largest absolute Gasteiger partial charge is 0.509 e. The van der Waals surface area contributed by atoms with Crippen LogP contribution in [0.3, 0.4) is 0 Å². The highest BCUT2D eigenvalue weighted by atomic mass is 16.4. The topological polar surface area (TPSA) is 906 Å². The number of amides is 8. The summed E-state index contributed by atoms with van der Waals surface area (Å²) in [6.45, 7) is 1.56.